The third-order valence-corrected chi connectivity index (χ3v) is 5.32. The van der Waals surface area contributed by atoms with Crippen molar-refractivity contribution in [2.75, 3.05) is 0 Å². The Kier molecular flexibility index (Phi) is 2.68. The van der Waals surface area contributed by atoms with Crippen LogP contribution in [0.25, 0.3) is 0 Å². The normalized spacial score (nSPS) is 43.5. The summed E-state index contributed by atoms with van der Waals surface area (Å²) in [6.07, 6.45) is 6.15. The first-order valence-corrected chi connectivity index (χ1v) is 6.33. The van der Waals surface area contributed by atoms with Crippen LogP contribution in [0.1, 0.15) is 40.5 Å². The van der Waals surface area contributed by atoms with E-state index in [1.165, 1.54) is 11.0 Å². The lowest BCUT2D eigenvalue weighted by Gasteiger charge is -2.43. The molecule has 2 saturated carbocycles. The molecule has 2 amide bonds. The lowest BCUT2D eigenvalue weighted by Crippen LogP contribution is -2.55. The first kappa shape index (κ1) is 12.3. The molecule has 3 nitrogen and oxygen atoms in total. The molecule has 0 spiro atoms. The van der Waals surface area contributed by atoms with Crippen LogP contribution < -0.4 is 0 Å². The van der Waals surface area contributed by atoms with E-state index in [2.05, 4.69) is 20.8 Å². The van der Waals surface area contributed by atoms with Gasteiger partial charge in [0.1, 0.15) is 0 Å². The number of imide groups is 1. The highest BCUT2D eigenvalue weighted by Crippen LogP contribution is 2.71. The fraction of sp³-hybridized carbons (Fsp3) is 0.714. The third-order valence-electron chi connectivity index (χ3n) is 5.32. The van der Waals surface area contributed by atoms with Gasteiger partial charge in [-0.2, -0.15) is 0 Å². The highest BCUT2D eigenvalue weighted by molar-refractivity contribution is 5.95. The molecule has 0 aromatic carbocycles. The van der Waals surface area contributed by atoms with Crippen molar-refractivity contribution in [1.82, 2.24) is 4.90 Å². The van der Waals surface area contributed by atoms with Gasteiger partial charge in [-0.25, -0.2) is 0 Å². The Hall–Kier alpha value is -1.12. The molecular formula is C14H21NO2. The molecule has 0 bridgehead atoms. The molecule has 17 heavy (non-hydrogen) atoms. The summed E-state index contributed by atoms with van der Waals surface area (Å²) in [5.41, 5.74) is -0.194. The van der Waals surface area contributed by atoms with Crippen molar-refractivity contribution in [3.05, 3.63) is 12.2 Å². The van der Waals surface area contributed by atoms with Gasteiger partial charge in [-0.05, 0) is 50.0 Å². The van der Waals surface area contributed by atoms with Gasteiger partial charge in [-0.3, -0.25) is 14.5 Å². The number of fused-ring (bicyclic) bond motifs is 1. The van der Waals surface area contributed by atoms with E-state index in [1.807, 2.05) is 0 Å². The predicted molar refractivity (Wildman–Crippen MR) is 66.1 cm³/mol. The Labute approximate surface area is 103 Å². The van der Waals surface area contributed by atoms with Crippen LogP contribution in [0.2, 0.25) is 0 Å². The Morgan fingerprint density at radius 2 is 2.06 bits per heavy atom. The fourth-order valence-corrected chi connectivity index (χ4v) is 3.76. The van der Waals surface area contributed by atoms with Gasteiger partial charge in [0.05, 0.1) is 5.54 Å². The second-order valence-electron chi connectivity index (χ2n) is 5.92. The Morgan fingerprint density at radius 1 is 1.41 bits per heavy atom. The van der Waals surface area contributed by atoms with Crippen molar-refractivity contribution in [1.29, 1.82) is 0 Å². The molecule has 4 unspecified atom stereocenters. The Balaban J connectivity index is 2.35. The second kappa shape index (κ2) is 3.69. The average molecular weight is 235 g/mol. The number of amides is 2. The molecule has 2 aliphatic rings. The SMILES string of the molecule is C/C=C\C(=O)N(C=O)C1(C)C(C)CC2CC21C. The van der Waals surface area contributed by atoms with E-state index in [0.717, 1.165) is 12.8 Å². The lowest BCUT2D eigenvalue weighted by molar-refractivity contribution is -0.145. The number of hydrogen-bond acceptors (Lipinski definition) is 2. The first-order chi connectivity index (χ1) is 7.91. The quantitative estimate of drug-likeness (QED) is 0.556. The number of nitrogens with zero attached hydrogens (tertiary/aromatic N) is 1. The van der Waals surface area contributed by atoms with Gasteiger partial charge in [0.2, 0.25) is 6.41 Å². The average Bonchev–Trinajstić information content (AvgIpc) is 2.86. The predicted octanol–water partition coefficient (Wildman–Crippen LogP) is 2.37. The molecule has 3 heteroatoms. The van der Waals surface area contributed by atoms with Crippen molar-refractivity contribution in [2.45, 2.75) is 46.1 Å². The first-order valence-electron chi connectivity index (χ1n) is 6.33. The molecular weight excluding hydrogens is 214 g/mol. The zero-order valence-corrected chi connectivity index (χ0v) is 11.1. The summed E-state index contributed by atoms with van der Waals surface area (Å²) in [4.78, 5) is 24.8. The third kappa shape index (κ3) is 1.41. The van der Waals surface area contributed by atoms with Crippen LogP contribution in [0.5, 0.6) is 0 Å². The molecule has 0 saturated heterocycles. The van der Waals surface area contributed by atoms with Crippen LogP contribution in [0.3, 0.4) is 0 Å². The summed E-state index contributed by atoms with van der Waals surface area (Å²) in [5, 5.41) is 0. The molecule has 0 aromatic rings. The van der Waals surface area contributed by atoms with E-state index in [4.69, 9.17) is 0 Å². The smallest absolute Gasteiger partial charge is 0.253 e. The van der Waals surface area contributed by atoms with Gasteiger partial charge in [-0.15, -0.1) is 0 Å². The fourth-order valence-electron chi connectivity index (χ4n) is 3.76. The number of rotatable bonds is 3. The minimum Gasteiger partial charge on any atom is -0.278 e. The molecule has 0 heterocycles. The minimum atomic E-state index is -0.323. The highest BCUT2D eigenvalue weighted by Gasteiger charge is 2.70. The lowest BCUT2D eigenvalue weighted by atomic mass is 9.77. The molecule has 0 aromatic heterocycles. The van der Waals surface area contributed by atoms with Gasteiger partial charge in [0.15, 0.2) is 0 Å². The monoisotopic (exact) mass is 235 g/mol. The zero-order chi connectivity index (χ0) is 12.8. The maximum Gasteiger partial charge on any atom is 0.253 e. The van der Waals surface area contributed by atoms with E-state index in [9.17, 15) is 9.59 Å². The maximum atomic E-state index is 12.0. The van der Waals surface area contributed by atoms with Gasteiger partial charge < -0.3 is 0 Å². The van der Waals surface area contributed by atoms with E-state index in [-0.39, 0.29) is 16.9 Å². The molecule has 2 rings (SSSR count). The molecule has 2 aliphatic carbocycles. The van der Waals surface area contributed by atoms with Crippen molar-refractivity contribution in [3.63, 3.8) is 0 Å². The number of carbonyl (C=O) groups is 2. The van der Waals surface area contributed by atoms with E-state index >= 15 is 0 Å². The topological polar surface area (TPSA) is 37.4 Å². The summed E-state index contributed by atoms with van der Waals surface area (Å²) in [6, 6.07) is 0. The van der Waals surface area contributed by atoms with Crippen LogP contribution in [-0.2, 0) is 9.59 Å². The Morgan fingerprint density at radius 3 is 2.47 bits per heavy atom. The zero-order valence-electron chi connectivity index (χ0n) is 11.1. The number of carbonyl (C=O) groups excluding carboxylic acids is 2. The van der Waals surface area contributed by atoms with Crippen LogP contribution in [0, 0.1) is 17.3 Å². The van der Waals surface area contributed by atoms with Gasteiger partial charge in [0, 0.05) is 0 Å². The van der Waals surface area contributed by atoms with Gasteiger partial charge in [-0.1, -0.05) is 19.9 Å². The standard InChI is InChI=1S/C14H21NO2/c1-5-6-12(17)15(9-16)14(4)10(2)7-11-8-13(11,14)3/h5-6,9-11H,7-8H2,1-4H3/b6-5-. The summed E-state index contributed by atoms with van der Waals surface area (Å²) in [5.74, 6) is 0.875. The van der Waals surface area contributed by atoms with Crippen molar-refractivity contribution >= 4 is 12.3 Å². The summed E-state index contributed by atoms with van der Waals surface area (Å²) >= 11 is 0. The van der Waals surface area contributed by atoms with Crippen LogP contribution in [-0.4, -0.2) is 22.8 Å². The molecule has 0 N–H and O–H groups in total. The molecule has 4 atom stereocenters. The molecule has 0 aliphatic heterocycles. The Bertz CT molecular complexity index is 390. The van der Waals surface area contributed by atoms with E-state index in [1.54, 1.807) is 13.0 Å². The second-order valence-corrected chi connectivity index (χ2v) is 5.92. The van der Waals surface area contributed by atoms with Crippen LogP contribution >= 0.6 is 0 Å². The van der Waals surface area contributed by atoms with Crippen molar-refractivity contribution in [3.8, 4) is 0 Å². The molecule has 2 fully saturated rings. The largest absolute Gasteiger partial charge is 0.278 e. The van der Waals surface area contributed by atoms with Crippen LogP contribution in [0.15, 0.2) is 12.2 Å². The van der Waals surface area contributed by atoms with Crippen LogP contribution in [0.4, 0.5) is 0 Å². The summed E-state index contributed by atoms with van der Waals surface area (Å²) < 4.78 is 0. The summed E-state index contributed by atoms with van der Waals surface area (Å²) in [6.45, 7) is 8.22. The van der Waals surface area contributed by atoms with Gasteiger partial charge >= 0.3 is 0 Å². The van der Waals surface area contributed by atoms with Crippen molar-refractivity contribution < 1.29 is 9.59 Å². The highest BCUT2D eigenvalue weighted by atomic mass is 16.2. The van der Waals surface area contributed by atoms with Crippen molar-refractivity contribution in [2.24, 2.45) is 17.3 Å². The minimum absolute atomic E-state index is 0.130. The number of hydrogen-bond donors (Lipinski definition) is 0. The van der Waals surface area contributed by atoms with Gasteiger partial charge in [0.25, 0.3) is 5.91 Å². The summed E-state index contributed by atoms with van der Waals surface area (Å²) in [7, 11) is 0. The maximum absolute atomic E-state index is 12.0. The van der Waals surface area contributed by atoms with E-state index < -0.39 is 0 Å². The molecule has 94 valence electrons. The number of allylic oxidation sites excluding steroid dienone is 1. The molecule has 0 radical (unpaired) electrons. The van der Waals surface area contributed by atoms with E-state index in [0.29, 0.717) is 18.2 Å².